The van der Waals surface area contributed by atoms with Crippen molar-refractivity contribution < 1.29 is 14.7 Å². The predicted molar refractivity (Wildman–Crippen MR) is 103 cm³/mol. The SMILES string of the molecule is CC(NC(=O)c1cc(Cl)c(C(=O)O)c(Cl)c1)c1cccc2ccccc12. The molecule has 0 saturated heterocycles. The Labute approximate surface area is 160 Å². The van der Waals surface area contributed by atoms with E-state index in [1.807, 2.05) is 49.4 Å². The number of rotatable bonds is 4. The van der Waals surface area contributed by atoms with Crippen molar-refractivity contribution in [1.82, 2.24) is 5.32 Å². The first-order chi connectivity index (χ1) is 12.4. The quantitative estimate of drug-likeness (QED) is 0.634. The minimum Gasteiger partial charge on any atom is -0.478 e. The number of hydrogen-bond acceptors (Lipinski definition) is 2. The maximum atomic E-state index is 12.6. The largest absolute Gasteiger partial charge is 0.478 e. The van der Waals surface area contributed by atoms with E-state index in [0.717, 1.165) is 16.3 Å². The molecule has 0 aromatic heterocycles. The molecule has 1 atom stereocenters. The molecule has 0 spiro atoms. The molecule has 3 aromatic rings. The number of carboxylic acids is 1. The van der Waals surface area contributed by atoms with Gasteiger partial charge in [0.1, 0.15) is 0 Å². The Bertz CT molecular complexity index is 989. The van der Waals surface area contributed by atoms with E-state index < -0.39 is 5.97 Å². The lowest BCUT2D eigenvalue weighted by molar-refractivity contribution is 0.0696. The van der Waals surface area contributed by atoms with E-state index in [4.69, 9.17) is 28.3 Å². The molecule has 1 amide bonds. The van der Waals surface area contributed by atoms with Gasteiger partial charge in [0.25, 0.3) is 5.91 Å². The zero-order valence-corrected chi connectivity index (χ0v) is 15.3. The van der Waals surface area contributed by atoms with E-state index >= 15 is 0 Å². The van der Waals surface area contributed by atoms with Crippen LogP contribution in [-0.2, 0) is 0 Å². The molecule has 2 N–H and O–H groups in total. The minimum atomic E-state index is -1.24. The monoisotopic (exact) mass is 387 g/mol. The van der Waals surface area contributed by atoms with Crippen molar-refractivity contribution in [2.75, 3.05) is 0 Å². The highest BCUT2D eigenvalue weighted by molar-refractivity contribution is 6.39. The molecule has 132 valence electrons. The van der Waals surface area contributed by atoms with Gasteiger partial charge in [0, 0.05) is 5.56 Å². The van der Waals surface area contributed by atoms with Crippen molar-refractivity contribution in [3.8, 4) is 0 Å². The Morgan fingerprint density at radius 3 is 2.27 bits per heavy atom. The topological polar surface area (TPSA) is 66.4 Å². The van der Waals surface area contributed by atoms with E-state index in [-0.39, 0.29) is 33.1 Å². The summed E-state index contributed by atoms with van der Waals surface area (Å²) in [5.74, 6) is -1.62. The smallest absolute Gasteiger partial charge is 0.338 e. The van der Waals surface area contributed by atoms with Gasteiger partial charge in [-0.1, -0.05) is 65.7 Å². The Morgan fingerprint density at radius 2 is 1.62 bits per heavy atom. The van der Waals surface area contributed by atoms with E-state index in [9.17, 15) is 9.59 Å². The molecule has 0 aliphatic rings. The van der Waals surface area contributed by atoms with Crippen LogP contribution in [0, 0.1) is 0 Å². The number of carbonyl (C=O) groups excluding carboxylic acids is 1. The van der Waals surface area contributed by atoms with E-state index in [0.29, 0.717) is 0 Å². The van der Waals surface area contributed by atoms with Gasteiger partial charge < -0.3 is 10.4 Å². The van der Waals surface area contributed by atoms with Gasteiger partial charge in [0.15, 0.2) is 0 Å². The summed E-state index contributed by atoms with van der Waals surface area (Å²) in [6.07, 6.45) is 0. The van der Waals surface area contributed by atoms with Crippen LogP contribution in [0.4, 0.5) is 0 Å². The molecule has 0 aliphatic carbocycles. The Hall–Kier alpha value is -2.56. The summed E-state index contributed by atoms with van der Waals surface area (Å²) in [6, 6.07) is 16.2. The molecular formula is C20H15Cl2NO3. The fourth-order valence-corrected chi connectivity index (χ4v) is 3.54. The number of benzene rings is 3. The Morgan fingerprint density at radius 1 is 1.00 bits per heavy atom. The molecule has 3 rings (SSSR count). The molecule has 4 nitrogen and oxygen atoms in total. The van der Waals surface area contributed by atoms with Gasteiger partial charge >= 0.3 is 5.97 Å². The van der Waals surface area contributed by atoms with Gasteiger partial charge in [-0.3, -0.25) is 4.79 Å². The van der Waals surface area contributed by atoms with Gasteiger partial charge in [-0.25, -0.2) is 4.79 Å². The summed E-state index contributed by atoms with van der Waals surface area (Å²) in [5.41, 5.74) is 0.972. The summed E-state index contributed by atoms with van der Waals surface area (Å²) in [5, 5.41) is 14.0. The van der Waals surface area contributed by atoms with Gasteiger partial charge in [0.2, 0.25) is 0 Å². The lowest BCUT2D eigenvalue weighted by Gasteiger charge is -2.17. The first kappa shape index (κ1) is 18.2. The van der Waals surface area contributed by atoms with Crippen LogP contribution in [0.3, 0.4) is 0 Å². The van der Waals surface area contributed by atoms with Gasteiger partial charge in [-0.05, 0) is 35.4 Å². The Balaban J connectivity index is 1.89. The highest BCUT2D eigenvalue weighted by Crippen LogP contribution is 2.28. The third kappa shape index (κ3) is 3.52. The number of fused-ring (bicyclic) bond motifs is 1. The second kappa shape index (κ2) is 7.36. The van der Waals surface area contributed by atoms with Crippen LogP contribution < -0.4 is 5.32 Å². The van der Waals surface area contributed by atoms with E-state index in [1.165, 1.54) is 12.1 Å². The van der Waals surface area contributed by atoms with Crippen LogP contribution in [0.5, 0.6) is 0 Å². The number of carboxylic acid groups (broad SMARTS) is 1. The van der Waals surface area contributed by atoms with Crippen molar-refractivity contribution in [3.05, 3.63) is 81.3 Å². The number of carbonyl (C=O) groups is 2. The summed E-state index contributed by atoms with van der Waals surface area (Å²) < 4.78 is 0. The molecule has 0 fully saturated rings. The predicted octanol–water partition coefficient (Wildman–Crippen LogP) is 5.34. The maximum absolute atomic E-state index is 12.6. The van der Waals surface area contributed by atoms with Crippen LogP contribution >= 0.6 is 23.2 Å². The van der Waals surface area contributed by atoms with Gasteiger partial charge in [-0.2, -0.15) is 0 Å². The van der Waals surface area contributed by atoms with Crippen LogP contribution in [0.25, 0.3) is 10.8 Å². The second-order valence-corrected chi connectivity index (χ2v) is 6.70. The van der Waals surface area contributed by atoms with E-state index in [2.05, 4.69) is 5.32 Å². The second-order valence-electron chi connectivity index (χ2n) is 5.88. The normalized spacial score (nSPS) is 12.0. The summed E-state index contributed by atoms with van der Waals surface area (Å²) in [4.78, 5) is 23.7. The third-order valence-corrected chi connectivity index (χ3v) is 4.75. The van der Waals surface area contributed by atoms with Crippen LogP contribution in [0.1, 0.15) is 39.2 Å². The summed E-state index contributed by atoms with van der Waals surface area (Å²) >= 11 is 11.9. The molecule has 0 aliphatic heterocycles. The molecule has 26 heavy (non-hydrogen) atoms. The lowest BCUT2D eigenvalue weighted by atomic mass is 9.99. The van der Waals surface area contributed by atoms with Gasteiger partial charge in [-0.15, -0.1) is 0 Å². The van der Waals surface area contributed by atoms with Crippen molar-refractivity contribution in [2.24, 2.45) is 0 Å². The fourth-order valence-electron chi connectivity index (χ4n) is 2.89. The standard InChI is InChI=1S/C20H15Cl2NO3/c1-11(14-8-4-6-12-5-2-3-7-15(12)14)23-19(24)13-9-16(21)18(20(25)26)17(22)10-13/h2-11H,1H3,(H,23,24)(H,25,26). The highest BCUT2D eigenvalue weighted by Gasteiger charge is 2.19. The number of halogens is 2. The number of hydrogen-bond donors (Lipinski definition) is 2. The van der Waals surface area contributed by atoms with Crippen molar-refractivity contribution in [2.45, 2.75) is 13.0 Å². The first-order valence-electron chi connectivity index (χ1n) is 7.89. The average molecular weight is 388 g/mol. The van der Waals surface area contributed by atoms with Crippen LogP contribution in [0.2, 0.25) is 10.0 Å². The van der Waals surface area contributed by atoms with Crippen molar-refractivity contribution in [1.29, 1.82) is 0 Å². The van der Waals surface area contributed by atoms with Gasteiger partial charge in [0.05, 0.1) is 21.7 Å². The Kier molecular flexibility index (Phi) is 5.16. The van der Waals surface area contributed by atoms with Crippen LogP contribution in [-0.4, -0.2) is 17.0 Å². The van der Waals surface area contributed by atoms with Crippen LogP contribution in [0.15, 0.2) is 54.6 Å². The maximum Gasteiger partial charge on any atom is 0.338 e. The molecule has 0 saturated carbocycles. The molecular weight excluding hydrogens is 373 g/mol. The number of nitrogens with one attached hydrogen (secondary N) is 1. The molecule has 0 bridgehead atoms. The molecule has 0 heterocycles. The third-order valence-electron chi connectivity index (χ3n) is 4.16. The zero-order chi connectivity index (χ0) is 18.8. The number of aromatic carboxylic acids is 1. The molecule has 1 unspecified atom stereocenters. The highest BCUT2D eigenvalue weighted by atomic mass is 35.5. The summed E-state index contributed by atoms with van der Waals surface area (Å²) in [6.45, 7) is 1.88. The molecule has 6 heteroatoms. The molecule has 3 aromatic carbocycles. The van der Waals surface area contributed by atoms with Crippen molar-refractivity contribution >= 4 is 45.9 Å². The van der Waals surface area contributed by atoms with Crippen molar-refractivity contribution in [3.63, 3.8) is 0 Å². The fraction of sp³-hybridized carbons (Fsp3) is 0.100. The zero-order valence-electron chi connectivity index (χ0n) is 13.8. The summed E-state index contributed by atoms with van der Waals surface area (Å²) in [7, 11) is 0. The molecule has 0 radical (unpaired) electrons. The minimum absolute atomic E-state index is 0.0760. The first-order valence-corrected chi connectivity index (χ1v) is 8.65. The van der Waals surface area contributed by atoms with E-state index in [1.54, 1.807) is 0 Å². The lowest BCUT2D eigenvalue weighted by Crippen LogP contribution is -2.27. The average Bonchev–Trinajstić information content (AvgIpc) is 2.60. The number of amides is 1.